The smallest absolute Gasteiger partial charge is 0.00952 e. The Labute approximate surface area is 121 Å². The van der Waals surface area contributed by atoms with Gasteiger partial charge in [0.25, 0.3) is 0 Å². The van der Waals surface area contributed by atoms with Gasteiger partial charge in [-0.15, -0.1) is 6.58 Å². The number of rotatable bonds is 9. The lowest BCUT2D eigenvalue weighted by Crippen LogP contribution is -2.39. The Morgan fingerprint density at radius 3 is 2.47 bits per heavy atom. The third-order valence-corrected chi connectivity index (χ3v) is 4.84. The van der Waals surface area contributed by atoms with Gasteiger partial charge < -0.3 is 5.32 Å². The fraction of sp³-hybridized carbons (Fsp3) is 0.889. The van der Waals surface area contributed by atoms with Crippen LogP contribution in [0.5, 0.6) is 0 Å². The van der Waals surface area contributed by atoms with E-state index < -0.39 is 0 Å². The maximum atomic E-state index is 3.80. The summed E-state index contributed by atoms with van der Waals surface area (Å²) in [5.74, 6) is 0.923. The second kappa shape index (κ2) is 8.79. The molecule has 112 valence electrons. The summed E-state index contributed by atoms with van der Waals surface area (Å²) < 4.78 is 0. The summed E-state index contributed by atoms with van der Waals surface area (Å²) in [6, 6.07) is 0.768. The normalized spacial score (nSPS) is 21.2. The fourth-order valence-electron chi connectivity index (χ4n) is 3.42. The van der Waals surface area contributed by atoms with Crippen molar-refractivity contribution in [3.63, 3.8) is 0 Å². The monoisotopic (exact) mass is 265 g/mol. The number of hydrogen-bond acceptors (Lipinski definition) is 1. The van der Waals surface area contributed by atoms with E-state index in [0.29, 0.717) is 5.41 Å². The van der Waals surface area contributed by atoms with Crippen LogP contribution in [-0.4, -0.2) is 12.6 Å². The molecule has 1 aliphatic carbocycles. The van der Waals surface area contributed by atoms with Gasteiger partial charge in [0.2, 0.25) is 0 Å². The van der Waals surface area contributed by atoms with Gasteiger partial charge >= 0.3 is 0 Å². The molecule has 0 amide bonds. The molecule has 1 nitrogen and oxygen atoms in total. The summed E-state index contributed by atoms with van der Waals surface area (Å²) in [5.41, 5.74) is 0.594. The summed E-state index contributed by atoms with van der Waals surface area (Å²) in [5, 5.41) is 3.75. The minimum absolute atomic E-state index is 0.594. The summed E-state index contributed by atoms with van der Waals surface area (Å²) in [6.07, 6.45) is 14.4. The molecule has 0 aromatic rings. The van der Waals surface area contributed by atoms with Crippen LogP contribution in [-0.2, 0) is 0 Å². The molecule has 0 aromatic carbocycles. The van der Waals surface area contributed by atoms with E-state index >= 15 is 0 Å². The fourth-order valence-corrected chi connectivity index (χ4v) is 3.42. The number of hydrogen-bond donors (Lipinski definition) is 1. The van der Waals surface area contributed by atoms with Gasteiger partial charge in [-0.1, -0.05) is 39.7 Å². The van der Waals surface area contributed by atoms with Crippen molar-refractivity contribution < 1.29 is 0 Å². The van der Waals surface area contributed by atoms with Crippen molar-refractivity contribution in [1.29, 1.82) is 0 Å². The zero-order valence-corrected chi connectivity index (χ0v) is 13.5. The molecule has 1 heteroatoms. The third kappa shape index (κ3) is 6.61. The maximum absolute atomic E-state index is 3.80. The molecule has 0 saturated heterocycles. The minimum atomic E-state index is 0.594. The zero-order chi connectivity index (χ0) is 14.1. The lowest BCUT2D eigenvalue weighted by atomic mass is 9.70. The predicted octanol–water partition coefficient (Wildman–Crippen LogP) is 5.32. The van der Waals surface area contributed by atoms with Crippen LogP contribution in [0.4, 0.5) is 0 Å². The van der Waals surface area contributed by atoms with Crippen molar-refractivity contribution in [3.05, 3.63) is 12.7 Å². The molecule has 1 saturated carbocycles. The lowest BCUT2D eigenvalue weighted by molar-refractivity contribution is 0.157. The highest BCUT2D eigenvalue weighted by atomic mass is 14.9. The minimum Gasteiger partial charge on any atom is -0.314 e. The molecule has 1 atom stereocenters. The van der Waals surface area contributed by atoms with E-state index in [-0.39, 0.29) is 0 Å². The number of allylic oxidation sites excluding steroid dienone is 1. The topological polar surface area (TPSA) is 12.0 Å². The van der Waals surface area contributed by atoms with E-state index in [2.05, 4.69) is 32.7 Å². The quantitative estimate of drug-likeness (QED) is 0.439. The van der Waals surface area contributed by atoms with Gasteiger partial charge in [-0.25, -0.2) is 0 Å². The number of nitrogens with one attached hydrogen (secondary N) is 1. The SMILES string of the molecule is C=CCCCCCC(NCC)C1CCC(C)(C)CC1. The van der Waals surface area contributed by atoms with Crippen LogP contribution in [0.3, 0.4) is 0 Å². The molecule has 19 heavy (non-hydrogen) atoms. The van der Waals surface area contributed by atoms with Crippen LogP contribution >= 0.6 is 0 Å². The summed E-state index contributed by atoms with van der Waals surface area (Å²) in [4.78, 5) is 0. The molecule has 1 fully saturated rings. The largest absolute Gasteiger partial charge is 0.314 e. The number of unbranched alkanes of at least 4 members (excludes halogenated alkanes) is 3. The van der Waals surface area contributed by atoms with Crippen LogP contribution in [0.25, 0.3) is 0 Å². The molecule has 1 N–H and O–H groups in total. The van der Waals surface area contributed by atoms with Crippen LogP contribution in [0.1, 0.15) is 78.6 Å². The van der Waals surface area contributed by atoms with E-state index in [4.69, 9.17) is 0 Å². The van der Waals surface area contributed by atoms with Gasteiger partial charge in [-0.05, 0) is 62.8 Å². The van der Waals surface area contributed by atoms with Crippen molar-refractivity contribution in [2.45, 2.75) is 84.6 Å². The molecule has 0 bridgehead atoms. The molecule has 0 heterocycles. The van der Waals surface area contributed by atoms with E-state index in [0.717, 1.165) is 18.5 Å². The Morgan fingerprint density at radius 2 is 1.89 bits per heavy atom. The van der Waals surface area contributed by atoms with Crippen LogP contribution in [0.15, 0.2) is 12.7 Å². The third-order valence-electron chi connectivity index (χ3n) is 4.84. The van der Waals surface area contributed by atoms with Crippen LogP contribution in [0, 0.1) is 11.3 Å². The molecule has 0 aliphatic heterocycles. The van der Waals surface area contributed by atoms with Crippen molar-refractivity contribution in [1.82, 2.24) is 5.32 Å². The first-order valence-corrected chi connectivity index (χ1v) is 8.43. The van der Waals surface area contributed by atoms with E-state index in [1.807, 2.05) is 6.08 Å². The molecular formula is C18H35N. The van der Waals surface area contributed by atoms with Crippen LogP contribution < -0.4 is 5.32 Å². The molecule has 0 aromatic heterocycles. The van der Waals surface area contributed by atoms with E-state index in [1.54, 1.807) is 0 Å². The molecule has 1 unspecified atom stereocenters. The average molecular weight is 265 g/mol. The van der Waals surface area contributed by atoms with Gasteiger partial charge in [0.05, 0.1) is 0 Å². The first kappa shape index (κ1) is 16.8. The van der Waals surface area contributed by atoms with Gasteiger partial charge in [0, 0.05) is 6.04 Å². The molecule has 0 spiro atoms. The second-order valence-electron chi connectivity index (χ2n) is 7.09. The van der Waals surface area contributed by atoms with Gasteiger partial charge in [0.15, 0.2) is 0 Å². The lowest BCUT2D eigenvalue weighted by Gasteiger charge is -2.38. The predicted molar refractivity (Wildman–Crippen MR) is 86.5 cm³/mol. The van der Waals surface area contributed by atoms with Crippen molar-refractivity contribution >= 4 is 0 Å². The van der Waals surface area contributed by atoms with Crippen molar-refractivity contribution in [2.24, 2.45) is 11.3 Å². The van der Waals surface area contributed by atoms with Crippen molar-refractivity contribution in [3.8, 4) is 0 Å². The summed E-state index contributed by atoms with van der Waals surface area (Å²) in [6.45, 7) is 12.0. The first-order valence-electron chi connectivity index (χ1n) is 8.43. The van der Waals surface area contributed by atoms with Gasteiger partial charge in [0.1, 0.15) is 0 Å². The Bertz CT molecular complexity index is 234. The maximum Gasteiger partial charge on any atom is 0.00952 e. The van der Waals surface area contributed by atoms with E-state index in [1.165, 1.54) is 57.8 Å². The van der Waals surface area contributed by atoms with Crippen molar-refractivity contribution in [2.75, 3.05) is 6.54 Å². The molecule has 1 aliphatic rings. The highest BCUT2D eigenvalue weighted by Gasteiger charge is 2.30. The highest BCUT2D eigenvalue weighted by Crippen LogP contribution is 2.39. The van der Waals surface area contributed by atoms with Gasteiger partial charge in [-0.3, -0.25) is 0 Å². The second-order valence-corrected chi connectivity index (χ2v) is 7.09. The Hall–Kier alpha value is -0.300. The standard InChI is InChI=1S/C18H35N/c1-5-7-8-9-10-11-17(19-6-2)16-12-14-18(3,4)15-13-16/h5,16-17,19H,1,6-15H2,2-4H3. The average Bonchev–Trinajstić information content (AvgIpc) is 2.37. The Kier molecular flexibility index (Phi) is 7.75. The molecule has 1 rings (SSSR count). The Morgan fingerprint density at radius 1 is 1.21 bits per heavy atom. The first-order chi connectivity index (χ1) is 9.09. The zero-order valence-electron chi connectivity index (χ0n) is 13.5. The summed E-state index contributed by atoms with van der Waals surface area (Å²) in [7, 11) is 0. The van der Waals surface area contributed by atoms with Gasteiger partial charge in [-0.2, -0.15) is 0 Å². The molecular weight excluding hydrogens is 230 g/mol. The van der Waals surface area contributed by atoms with E-state index in [9.17, 15) is 0 Å². The Balaban J connectivity index is 2.29. The van der Waals surface area contributed by atoms with Crippen LogP contribution in [0.2, 0.25) is 0 Å². The highest BCUT2D eigenvalue weighted by molar-refractivity contribution is 4.85. The summed E-state index contributed by atoms with van der Waals surface area (Å²) >= 11 is 0. The molecule has 0 radical (unpaired) electrons.